The molecule has 7 heteroatoms. The van der Waals surface area contributed by atoms with Crippen LogP contribution in [0, 0.1) is 6.92 Å². The number of carbonyl (C=O) groups excluding carboxylic acids is 1. The average Bonchev–Trinajstić information content (AvgIpc) is 2.85. The third kappa shape index (κ3) is 4.93. The molecule has 4 aromatic rings. The molecule has 0 saturated carbocycles. The molecule has 0 fully saturated rings. The van der Waals surface area contributed by atoms with E-state index in [4.69, 9.17) is 14.5 Å². The normalized spacial score (nSPS) is 10.9. The van der Waals surface area contributed by atoms with Gasteiger partial charge in [0.2, 0.25) is 0 Å². The van der Waals surface area contributed by atoms with Gasteiger partial charge in [-0.3, -0.25) is 14.2 Å². The lowest BCUT2D eigenvalue weighted by Gasteiger charge is -2.13. The number of methoxy groups -OCH3 is 2. The Labute approximate surface area is 196 Å². The van der Waals surface area contributed by atoms with Crippen molar-refractivity contribution in [1.82, 2.24) is 9.55 Å². The number of fused-ring (bicyclic) bond motifs is 1. The van der Waals surface area contributed by atoms with Crippen molar-refractivity contribution in [2.75, 3.05) is 20.0 Å². The number of benzene rings is 3. The highest BCUT2D eigenvalue weighted by molar-refractivity contribution is 7.99. The highest BCUT2D eigenvalue weighted by atomic mass is 32.2. The molecule has 0 atom stereocenters. The number of aryl methyl sites for hydroxylation is 1. The highest BCUT2D eigenvalue weighted by Crippen LogP contribution is 2.28. The number of Topliss-reactive ketones (excluding diaryl/α,β-unsaturated/α-hetero) is 1. The smallest absolute Gasteiger partial charge is 0.262 e. The Kier molecular flexibility index (Phi) is 6.79. The van der Waals surface area contributed by atoms with Crippen molar-refractivity contribution in [3.63, 3.8) is 0 Å². The van der Waals surface area contributed by atoms with Gasteiger partial charge >= 0.3 is 0 Å². The zero-order valence-electron chi connectivity index (χ0n) is 18.7. The lowest BCUT2D eigenvalue weighted by Crippen LogP contribution is -2.24. The number of aromatic nitrogens is 2. The maximum Gasteiger partial charge on any atom is 0.262 e. The minimum absolute atomic E-state index is 0.0924. The summed E-state index contributed by atoms with van der Waals surface area (Å²) >= 11 is 1.26. The van der Waals surface area contributed by atoms with Crippen molar-refractivity contribution in [3.8, 4) is 11.5 Å². The summed E-state index contributed by atoms with van der Waals surface area (Å²) < 4.78 is 12.2. The highest BCUT2D eigenvalue weighted by Gasteiger charge is 2.16. The maximum absolute atomic E-state index is 13.3. The average molecular weight is 461 g/mol. The Hall–Kier alpha value is -3.58. The van der Waals surface area contributed by atoms with Gasteiger partial charge in [0, 0.05) is 5.56 Å². The molecule has 6 nitrogen and oxygen atoms in total. The second-order valence-corrected chi connectivity index (χ2v) is 8.51. The molecule has 0 spiro atoms. The molecule has 3 aromatic carbocycles. The SMILES string of the molecule is COc1ccc(C(=O)CSc2nc3ccccc3c(=O)n2Cc2ccc(C)cc2)cc1OC. The van der Waals surface area contributed by atoms with Crippen LogP contribution in [0.1, 0.15) is 21.5 Å². The van der Waals surface area contributed by atoms with E-state index < -0.39 is 0 Å². The molecule has 0 N–H and O–H groups in total. The van der Waals surface area contributed by atoms with Crippen molar-refractivity contribution in [2.24, 2.45) is 0 Å². The summed E-state index contributed by atoms with van der Waals surface area (Å²) in [6, 6.07) is 20.4. The van der Waals surface area contributed by atoms with Crippen LogP contribution in [0.15, 0.2) is 76.7 Å². The molecule has 0 saturated heterocycles. The van der Waals surface area contributed by atoms with Gasteiger partial charge in [-0.1, -0.05) is 53.7 Å². The number of ketones is 1. The fourth-order valence-electron chi connectivity index (χ4n) is 3.50. The Bertz CT molecular complexity index is 1360. The van der Waals surface area contributed by atoms with Crippen LogP contribution >= 0.6 is 11.8 Å². The zero-order valence-corrected chi connectivity index (χ0v) is 19.5. The number of rotatable bonds is 8. The summed E-state index contributed by atoms with van der Waals surface area (Å²) in [7, 11) is 3.08. The Balaban J connectivity index is 1.65. The van der Waals surface area contributed by atoms with Crippen molar-refractivity contribution >= 4 is 28.4 Å². The number of para-hydroxylation sites is 1. The molecule has 33 heavy (non-hydrogen) atoms. The number of thioether (sulfide) groups is 1. The Morgan fingerprint density at radius 2 is 1.70 bits per heavy atom. The molecule has 1 heterocycles. The summed E-state index contributed by atoms with van der Waals surface area (Å²) in [5.41, 5.74) is 3.14. The van der Waals surface area contributed by atoms with E-state index in [1.54, 1.807) is 35.9 Å². The molecular weight excluding hydrogens is 436 g/mol. The molecule has 0 amide bonds. The van der Waals surface area contributed by atoms with Gasteiger partial charge in [0.15, 0.2) is 22.4 Å². The van der Waals surface area contributed by atoms with Crippen LogP contribution in [-0.4, -0.2) is 35.3 Å². The van der Waals surface area contributed by atoms with E-state index in [1.807, 2.05) is 49.4 Å². The number of ether oxygens (including phenoxy) is 2. The van der Waals surface area contributed by atoms with Gasteiger partial charge in [-0.05, 0) is 42.8 Å². The van der Waals surface area contributed by atoms with E-state index in [1.165, 1.54) is 18.9 Å². The van der Waals surface area contributed by atoms with Crippen LogP contribution in [0.4, 0.5) is 0 Å². The van der Waals surface area contributed by atoms with Gasteiger partial charge in [0.05, 0.1) is 37.4 Å². The second-order valence-electron chi connectivity index (χ2n) is 7.57. The topological polar surface area (TPSA) is 70.4 Å². The fraction of sp³-hybridized carbons (Fsp3) is 0.192. The van der Waals surface area contributed by atoms with Gasteiger partial charge in [-0.25, -0.2) is 4.98 Å². The first-order valence-electron chi connectivity index (χ1n) is 10.4. The summed E-state index contributed by atoms with van der Waals surface area (Å²) in [5.74, 6) is 1.09. The lowest BCUT2D eigenvalue weighted by molar-refractivity contribution is 0.102. The van der Waals surface area contributed by atoms with Crippen LogP contribution in [0.25, 0.3) is 10.9 Å². The van der Waals surface area contributed by atoms with Gasteiger partial charge in [-0.15, -0.1) is 0 Å². The molecule has 0 unspecified atom stereocenters. The third-order valence-electron chi connectivity index (χ3n) is 5.33. The zero-order chi connectivity index (χ0) is 23.4. The summed E-state index contributed by atoms with van der Waals surface area (Å²) in [6.07, 6.45) is 0. The van der Waals surface area contributed by atoms with Crippen molar-refractivity contribution < 1.29 is 14.3 Å². The molecule has 168 valence electrons. The van der Waals surface area contributed by atoms with Crippen molar-refractivity contribution in [3.05, 3.63) is 93.8 Å². The first kappa shape index (κ1) is 22.6. The molecule has 1 aromatic heterocycles. The van der Waals surface area contributed by atoms with Gasteiger partial charge in [0.25, 0.3) is 5.56 Å². The van der Waals surface area contributed by atoms with Crippen molar-refractivity contribution in [1.29, 1.82) is 0 Å². The van der Waals surface area contributed by atoms with Crippen LogP contribution in [0.5, 0.6) is 11.5 Å². The van der Waals surface area contributed by atoms with Gasteiger partial charge in [0.1, 0.15) is 0 Å². The van der Waals surface area contributed by atoms with Crippen molar-refractivity contribution in [2.45, 2.75) is 18.6 Å². The minimum atomic E-state index is -0.123. The van der Waals surface area contributed by atoms with E-state index in [0.717, 1.165) is 11.1 Å². The molecule has 0 bridgehead atoms. The van der Waals surface area contributed by atoms with Crippen LogP contribution < -0.4 is 15.0 Å². The number of hydrogen-bond acceptors (Lipinski definition) is 6. The Morgan fingerprint density at radius 1 is 0.970 bits per heavy atom. The van der Waals surface area contributed by atoms with E-state index in [-0.39, 0.29) is 17.1 Å². The fourth-order valence-corrected chi connectivity index (χ4v) is 4.39. The standard InChI is InChI=1S/C26H24N2O4S/c1-17-8-10-18(11-9-17)15-28-25(30)20-6-4-5-7-21(20)27-26(28)33-16-22(29)19-12-13-23(31-2)24(14-19)32-3/h4-14H,15-16H2,1-3H3. The molecular formula is C26H24N2O4S. The van der Waals surface area contributed by atoms with E-state index >= 15 is 0 Å². The molecule has 0 aliphatic rings. The first-order valence-corrected chi connectivity index (χ1v) is 11.4. The lowest BCUT2D eigenvalue weighted by atomic mass is 10.1. The number of carbonyl (C=O) groups is 1. The van der Waals surface area contributed by atoms with Crippen LogP contribution in [0.2, 0.25) is 0 Å². The quantitative estimate of drug-likeness (QED) is 0.215. The second kappa shape index (κ2) is 9.92. The molecule has 4 rings (SSSR count). The third-order valence-corrected chi connectivity index (χ3v) is 6.30. The molecule has 0 aliphatic heterocycles. The number of nitrogens with zero attached hydrogens (tertiary/aromatic N) is 2. The Morgan fingerprint density at radius 3 is 2.42 bits per heavy atom. The summed E-state index contributed by atoms with van der Waals surface area (Å²) in [6.45, 7) is 2.40. The molecule has 0 aliphatic carbocycles. The maximum atomic E-state index is 13.3. The summed E-state index contributed by atoms with van der Waals surface area (Å²) in [5, 5.41) is 1.06. The monoisotopic (exact) mass is 460 g/mol. The van der Waals surface area contributed by atoms with Gasteiger partial charge in [-0.2, -0.15) is 0 Å². The van der Waals surface area contributed by atoms with E-state index in [2.05, 4.69) is 0 Å². The minimum Gasteiger partial charge on any atom is -0.493 e. The largest absolute Gasteiger partial charge is 0.493 e. The molecule has 0 radical (unpaired) electrons. The predicted octanol–water partition coefficient (Wildman–Crippen LogP) is 4.75. The first-order chi connectivity index (χ1) is 16.0. The predicted molar refractivity (Wildman–Crippen MR) is 131 cm³/mol. The van der Waals surface area contributed by atoms with Gasteiger partial charge < -0.3 is 9.47 Å². The van der Waals surface area contributed by atoms with E-state index in [0.29, 0.717) is 39.7 Å². The summed E-state index contributed by atoms with van der Waals surface area (Å²) in [4.78, 5) is 30.9. The van der Waals surface area contributed by atoms with Crippen LogP contribution in [0.3, 0.4) is 0 Å². The van der Waals surface area contributed by atoms with E-state index in [9.17, 15) is 9.59 Å². The number of hydrogen-bond donors (Lipinski definition) is 0. The van der Waals surface area contributed by atoms with Crippen LogP contribution in [-0.2, 0) is 6.54 Å².